The van der Waals surface area contributed by atoms with Crippen LogP contribution < -0.4 is 0 Å². The number of rotatable bonds is 13. The maximum atomic E-state index is 14.9. The van der Waals surface area contributed by atoms with Crippen molar-refractivity contribution in [1.29, 1.82) is 0 Å². The van der Waals surface area contributed by atoms with Gasteiger partial charge in [-0.3, -0.25) is 0 Å². The van der Waals surface area contributed by atoms with Crippen molar-refractivity contribution in [3.63, 3.8) is 0 Å². The zero-order valence-corrected chi connectivity index (χ0v) is 19.7. The third-order valence-corrected chi connectivity index (χ3v) is 6.09. The van der Waals surface area contributed by atoms with Crippen LogP contribution in [-0.4, -0.2) is 9.97 Å². The van der Waals surface area contributed by atoms with Gasteiger partial charge in [-0.15, -0.1) is 0 Å². The highest BCUT2D eigenvalue weighted by Crippen LogP contribution is 2.27. The predicted molar refractivity (Wildman–Crippen MR) is 133 cm³/mol. The topological polar surface area (TPSA) is 25.8 Å². The van der Waals surface area contributed by atoms with Gasteiger partial charge in [0.25, 0.3) is 0 Å². The van der Waals surface area contributed by atoms with Crippen molar-refractivity contribution >= 4 is 0 Å². The molecule has 0 N–H and O–H groups in total. The fourth-order valence-corrected chi connectivity index (χ4v) is 4.06. The van der Waals surface area contributed by atoms with Crippen LogP contribution in [0, 0.1) is 5.82 Å². The first-order valence-electron chi connectivity index (χ1n) is 12.4. The molecule has 3 rings (SSSR count). The van der Waals surface area contributed by atoms with Crippen LogP contribution in [0.3, 0.4) is 0 Å². The third kappa shape index (κ3) is 7.25. The van der Waals surface area contributed by atoms with Gasteiger partial charge in [0, 0.05) is 23.5 Å². The number of nitrogens with zero attached hydrogens (tertiary/aromatic N) is 2. The summed E-state index contributed by atoms with van der Waals surface area (Å²) >= 11 is 0. The van der Waals surface area contributed by atoms with Gasteiger partial charge in [-0.25, -0.2) is 14.4 Å². The molecule has 0 aliphatic rings. The van der Waals surface area contributed by atoms with Gasteiger partial charge in [-0.2, -0.15) is 0 Å². The second kappa shape index (κ2) is 13.1. The normalized spacial score (nSPS) is 11.1. The molecule has 3 aromatic rings. The Labute approximate surface area is 193 Å². The van der Waals surface area contributed by atoms with E-state index in [9.17, 15) is 4.39 Å². The van der Waals surface area contributed by atoms with Crippen LogP contribution in [0.2, 0.25) is 0 Å². The highest BCUT2D eigenvalue weighted by Gasteiger charge is 2.09. The van der Waals surface area contributed by atoms with Crippen LogP contribution in [-0.2, 0) is 12.8 Å². The van der Waals surface area contributed by atoms with Gasteiger partial charge >= 0.3 is 0 Å². The third-order valence-electron chi connectivity index (χ3n) is 6.09. The first kappa shape index (κ1) is 24.1. The van der Waals surface area contributed by atoms with Gasteiger partial charge < -0.3 is 0 Å². The molecule has 0 saturated heterocycles. The van der Waals surface area contributed by atoms with Crippen molar-refractivity contribution in [2.75, 3.05) is 0 Å². The SMILES string of the molecule is CCCCCCCc1cnc(-c2ccc(-c3ccc(CCCCCC)cc3)c(F)c2)nc1. The molecule has 0 spiro atoms. The molecule has 0 aliphatic carbocycles. The van der Waals surface area contributed by atoms with Gasteiger partial charge in [0.1, 0.15) is 5.82 Å². The Morgan fingerprint density at radius 1 is 0.625 bits per heavy atom. The Kier molecular flexibility index (Phi) is 9.87. The minimum atomic E-state index is -0.234. The number of halogens is 1. The van der Waals surface area contributed by atoms with E-state index in [1.807, 2.05) is 36.7 Å². The molecule has 0 atom stereocenters. The Balaban J connectivity index is 1.60. The smallest absolute Gasteiger partial charge is 0.159 e. The van der Waals surface area contributed by atoms with Crippen LogP contribution in [0.15, 0.2) is 54.9 Å². The summed E-state index contributed by atoms with van der Waals surface area (Å²) in [5.74, 6) is 0.342. The minimum absolute atomic E-state index is 0.234. The van der Waals surface area contributed by atoms with E-state index in [0.717, 1.165) is 24.0 Å². The number of aromatic nitrogens is 2. The molecule has 0 radical (unpaired) electrons. The maximum absolute atomic E-state index is 14.9. The fourth-order valence-electron chi connectivity index (χ4n) is 4.06. The minimum Gasteiger partial charge on any atom is -0.236 e. The van der Waals surface area contributed by atoms with Crippen LogP contribution >= 0.6 is 0 Å². The average molecular weight is 433 g/mol. The lowest BCUT2D eigenvalue weighted by Crippen LogP contribution is -1.94. The molecule has 2 nitrogen and oxygen atoms in total. The first-order valence-corrected chi connectivity index (χ1v) is 12.4. The second-order valence-electron chi connectivity index (χ2n) is 8.78. The molecule has 3 heteroatoms. The standard InChI is InChI=1S/C29H37FN2/c1-3-5-7-9-11-13-24-21-31-29(32-22-24)26-18-19-27(28(30)20-26)25-16-14-23(15-17-25)12-10-8-6-4-2/h14-22H,3-13H2,1-2H3. The average Bonchev–Trinajstić information content (AvgIpc) is 2.83. The highest BCUT2D eigenvalue weighted by molar-refractivity contribution is 5.68. The van der Waals surface area contributed by atoms with E-state index in [0.29, 0.717) is 17.0 Å². The Hall–Kier alpha value is -2.55. The number of benzene rings is 2. The maximum Gasteiger partial charge on any atom is 0.159 e. The summed E-state index contributed by atoms with van der Waals surface area (Å²) in [5.41, 5.74) is 4.71. The Bertz CT molecular complexity index is 932. The van der Waals surface area contributed by atoms with Crippen LogP contribution in [0.4, 0.5) is 4.39 Å². The van der Waals surface area contributed by atoms with Crippen molar-refractivity contribution in [2.45, 2.75) is 84.5 Å². The van der Waals surface area contributed by atoms with E-state index in [2.05, 4.69) is 35.9 Å². The zero-order chi connectivity index (χ0) is 22.6. The molecule has 170 valence electrons. The van der Waals surface area contributed by atoms with Crippen LogP contribution in [0.5, 0.6) is 0 Å². The largest absolute Gasteiger partial charge is 0.236 e. The zero-order valence-electron chi connectivity index (χ0n) is 19.7. The van der Waals surface area contributed by atoms with Crippen LogP contribution in [0.25, 0.3) is 22.5 Å². The summed E-state index contributed by atoms with van der Waals surface area (Å²) in [6.45, 7) is 4.46. The lowest BCUT2D eigenvalue weighted by Gasteiger charge is -2.08. The molecule has 1 aromatic heterocycles. The summed E-state index contributed by atoms with van der Waals surface area (Å²) in [6.07, 6.45) is 17.2. The van der Waals surface area contributed by atoms with Crippen molar-refractivity contribution in [1.82, 2.24) is 9.97 Å². The molecule has 32 heavy (non-hydrogen) atoms. The van der Waals surface area contributed by atoms with Crippen molar-refractivity contribution < 1.29 is 4.39 Å². The van der Waals surface area contributed by atoms with Crippen LogP contribution in [0.1, 0.15) is 82.8 Å². The molecule has 0 fully saturated rings. The van der Waals surface area contributed by atoms with Gasteiger partial charge in [-0.1, -0.05) is 95.2 Å². The van der Waals surface area contributed by atoms with Gasteiger partial charge in [-0.05, 0) is 48.4 Å². The molecule has 0 amide bonds. The Morgan fingerprint density at radius 2 is 1.19 bits per heavy atom. The van der Waals surface area contributed by atoms with Gasteiger partial charge in [0.2, 0.25) is 0 Å². The molecule has 0 bridgehead atoms. The summed E-state index contributed by atoms with van der Waals surface area (Å²) in [4.78, 5) is 8.97. The van der Waals surface area contributed by atoms with Crippen molar-refractivity contribution in [3.05, 3.63) is 71.8 Å². The summed E-state index contributed by atoms with van der Waals surface area (Å²) < 4.78 is 14.9. The molecular formula is C29H37FN2. The summed E-state index contributed by atoms with van der Waals surface area (Å²) in [5, 5.41) is 0. The van der Waals surface area contributed by atoms with E-state index in [4.69, 9.17) is 0 Å². The number of hydrogen-bond acceptors (Lipinski definition) is 2. The van der Waals surface area contributed by atoms with Crippen molar-refractivity contribution in [2.24, 2.45) is 0 Å². The molecule has 0 aliphatic heterocycles. The predicted octanol–water partition coefficient (Wildman–Crippen LogP) is 8.59. The number of hydrogen-bond donors (Lipinski definition) is 0. The van der Waals surface area contributed by atoms with Gasteiger partial charge in [0.05, 0.1) is 0 Å². The molecular weight excluding hydrogens is 395 g/mol. The molecule has 0 unspecified atom stereocenters. The van der Waals surface area contributed by atoms with Gasteiger partial charge in [0.15, 0.2) is 5.82 Å². The fraction of sp³-hybridized carbons (Fsp3) is 0.448. The lowest BCUT2D eigenvalue weighted by molar-refractivity contribution is 0.630. The monoisotopic (exact) mass is 432 g/mol. The Morgan fingerprint density at radius 3 is 1.81 bits per heavy atom. The highest BCUT2D eigenvalue weighted by atomic mass is 19.1. The summed E-state index contributed by atoms with van der Waals surface area (Å²) in [7, 11) is 0. The number of unbranched alkanes of at least 4 members (excludes halogenated alkanes) is 7. The summed E-state index contributed by atoms with van der Waals surface area (Å²) in [6, 6.07) is 13.6. The van der Waals surface area contributed by atoms with E-state index in [1.165, 1.54) is 63.4 Å². The lowest BCUT2D eigenvalue weighted by atomic mass is 9.99. The quantitative estimate of drug-likeness (QED) is 0.253. The second-order valence-corrected chi connectivity index (χ2v) is 8.78. The van der Waals surface area contributed by atoms with Crippen molar-refractivity contribution in [3.8, 4) is 22.5 Å². The van der Waals surface area contributed by atoms with E-state index < -0.39 is 0 Å². The van der Waals surface area contributed by atoms with E-state index in [1.54, 1.807) is 6.07 Å². The molecule has 0 saturated carbocycles. The number of aryl methyl sites for hydroxylation is 2. The van der Waals surface area contributed by atoms with E-state index >= 15 is 0 Å². The van der Waals surface area contributed by atoms with E-state index in [-0.39, 0.29) is 5.82 Å². The molecule has 2 aromatic carbocycles. The first-order chi connectivity index (χ1) is 15.7. The molecule has 1 heterocycles.